The summed E-state index contributed by atoms with van der Waals surface area (Å²) in [5.74, 6) is -0.244. The van der Waals surface area contributed by atoms with Gasteiger partial charge in [-0.05, 0) is 50.7 Å². The van der Waals surface area contributed by atoms with Gasteiger partial charge in [-0.1, -0.05) is 13.8 Å². The van der Waals surface area contributed by atoms with Gasteiger partial charge >= 0.3 is 7.82 Å². The Morgan fingerprint density at radius 2 is 1.81 bits per heavy atom. The average Bonchev–Trinajstić information content (AvgIpc) is 2.56. The van der Waals surface area contributed by atoms with E-state index in [0.717, 1.165) is 43.7 Å². The zero-order chi connectivity index (χ0) is 19.6. The van der Waals surface area contributed by atoms with Gasteiger partial charge in [-0.3, -0.25) is 4.98 Å². The molecule has 0 bridgehead atoms. The van der Waals surface area contributed by atoms with Gasteiger partial charge in [0.25, 0.3) is 0 Å². The Labute approximate surface area is 153 Å². The molecule has 0 aliphatic carbocycles. The molecule has 0 saturated carbocycles. The molecule has 0 saturated heterocycles. The number of unbranched alkanes of at least 4 members (excludes halogenated alkanes) is 1. The van der Waals surface area contributed by atoms with Crippen molar-refractivity contribution in [2.45, 2.75) is 26.7 Å². The maximum atomic E-state index is 13.2. The summed E-state index contributed by atoms with van der Waals surface area (Å²) in [6, 6.07) is 6.69. The van der Waals surface area contributed by atoms with Gasteiger partial charge in [-0.25, -0.2) is 8.96 Å². The van der Waals surface area contributed by atoms with Crippen LogP contribution in [0.3, 0.4) is 0 Å². The number of benzene rings is 1. The van der Waals surface area contributed by atoms with Gasteiger partial charge in [0.05, 0.1) is 5.52 Å². The normalized spacial score (nSPS) is 11.3. The third kappa shape index (κ3) is 9.22. The predicted octanol–water partition coefficient (Wildman–Crippen LogP) is 2.98. The van der Waals surface area contributed by atoms with Crippen LogP contribution < -0.4 is 5.32 Å². The first-order valence-corrected chi connectivity index (χ1v) is 10.1. The van der Waals surface area contributed by atoms with Gasteiger partial charge in [0, 0.05) is 29.9 Å². The monoisotopic (exact) mass is 387 g/mol. The SMILES string of the molecule is CCN(CC)CCCCNc1ccnc2cc(F)ccc12.O=P(O)(O)O. The summed E-state index contributed by atoms with van der Waals surface area (Å²) < 4.78 is 22.1. The van der Waals surface area contributed by atoms with Crippen LogP contribution in [0.2, 0.25) is 0 Å². The van der Waals surface area contributed by atoms with Crippen LogP contribution in [0.15, 0.2) is 30.5 Å². The summed E-state index contributed by atoms with van der Waals surface area (Å²) in [4.78, 5) is 28.2. The van der Waals surface area contributed by atoms with Crippen LogP contribution in [0.25, 0.3) is 10.9 Å². The van der Waals surface area contributed by atoms with E-state index in [2.05, 4.69) is 29.0 Å². The lowest BCUT2D eigenvalue weighted by Gasteiger charge is -2.17. The van der Waals surface area contributed by atoms with Crippen LogP contribution in [0, 0.1) is 5.82 Å². The number of hydrogen-bond donors (Lipinski definition) is 4. The number of halogens is 1. The van der Waals surface area contributed by atoms with Crippen molar-refractivity contribution in [3.63, 3.8) is 0 Å². The number of hydrogen-bond acceptors (Lipinski definition) is 4. The van der Waals surface area contributed by atoms with Crippen LogP contribution in [-0.4, -0.2) is 50.7 Å². The highest BCUT2D eigenvalue weighted by molar-refractivity contribution is 7.45. The third-order valence-corrected chi connectivity index (χ3v) is 3.82. The minimum Gasteiger partial charge on any atom is -0.384 e. The maximum absolute atomic E-state index is 13.2. The van der Waals surface area contributed by atoms with Crippen molar-refractivity contribution in [1.29, 1.82) is 0 Å². The van der Waals surface area contributed by atoms with E-state index >= 15 is 0 Å². The molecule has 0 unspecified atom stereocenters. The quantitative estimate of drug-likeness (QED) is 0.408. The molecule has 0 aliphatic rings. The summed E-state index contributed by atoms with van der Waals surface area (Å²) in [6.45, 7) is 8.71. The summed E-state index contributed by atoms with van der Waals surface area (Å²) in [5.41, 5.74) is 1.73. The molecule has 4 N–H and O–H groups in total. The summed E-state index contributed by atoms with van der Waals surface area (Å²) in [5, 5.41) is 4.41. The topological polar surface area (TPSA) is 106 Å². The van der Waals surface area contributed by atoms with Crippen molar-refractivity contribution in [3.8, 4) is 0 Å². The van der Waals surface area contributed by atoms with E-state index < -0.39 is 7.82 Å². The van der Waals surface area contributed by atoms with Crippen molar-refractivity contribution < 1.29 is 23.6 Å². The Hall–Kier alpha value is -1.57. The van der Waals surface area contributed by atoms with Gasteiger partial charge in [-0.2, -0.15) is 0 Å². The largest absolute Gasteiger partial charge is 0.466 e. The third-order valence-electron chi connectivity index (χ3n) is 3.82. The molecular formula is C17H27FN3O4P. The number of nitrogens with one attached hydrogen (secondary N) is 1. The van der Waals surface area contributed by atoms with Crippen LogP contribution in [0.1, 0.15) is 26.7 Å². The first kappa shape index (κ1) is 22.5. The molecule has 2 rings (SSSR count). The smallest absolute Gasteiger partial charge is 0.384 e. The molecule has 1 aromatic heterocycles. The highest BCUT2D eigenvalue weighted by atomic mass is 31.2. The summed E-state index contributed by atoms with van der Waals surface area (Å²) in [7, 11) is -4.64. The minimum atomic E-state index is -4.64. The number of rotatable bonds is 8. The molecule has 0 radical (unpaired) electrons. The fraction of sp³-hybridized carbons (Fsp3) is 0.471. The molecule has 9 heteroatoms. The first-order valence-electron chi connectivity index (χ1n) is 8.53. The Morgan fingerprint density at radius 1 is 1.15 bits per heavy atom. The zero-order valence-corrected chi connectivity index (χ0v) is 16.0. The van der Waals surface area contributed by atoms with E-state index in [1.807, 2.05) is 6.07 Å². The standard InChI is InChI=1S/C17H24FN3.H3O4P/c1-3-21(4-2)12-6-5-10-19-16-9-11-20-17-13-14(18)7-8-15(16)17;1-5(2,3)4/h7-9,11,13H,3-6,10,12H2,1-2H3,(H,19,20);(H3,1,2,3,4). The molecule has 26 heavy (non-hydrogen) atoms. The highest BCUT2D eigenvalue weighted by Crippen LogP contribution is 2.25. The molecule has 0 amide bonds. The van der Waals surface area contributed by atoms with Crippen molar-refractivity contribution in [3.05, 3.63) is 36.3 Å². The zero-order valence-electron chi connectivity index (χ0n) is 15.1. The lowest BCUT2D eigenvalue weighted by atomic mass is 10.2. The van der Waals surface area contributed by atoms with Crippen LogP contribution in [0.4, 0.5) is 10.1 Å². The van der Waals surface area contributed by atoms with Crippen molar-refractivity contribution in [1.82, 2.24) is 9.88 Å². The Bertz CT molecular complexity index is 714. The van der Waals surface area contributed by atoms with Gasteiger partial charge < -0.3 is 24.9 Å². The number of pyridine rings is 1. The Balaban J connectivity index is 0.000000597. The van der Waals surface area contributed by atoms with E-state index in [0.29, 0.717) is 5.52 Å². The second-order valence-corrected chi connectivity index (χ2v) is 6.72. The highest BCUT2D eigenvalue weighted by Gasteiger charge is 2.03. The number of anilines is 1. The molecule has 0 atom stereocenters. The number of aromatic nitrogens is 1. The Morgan fingerprint density at radius 3 is 2.42 bits per heavy atom. The van der Waals surface area contributed by atoms with Crippen molar-refractivity contribution in [2.75, 3.05) is 31.5 Å². The molecule has 0 fully saturated rings. The second-order valence-electron chi connectivity index (χ2n) is 5.69. The molecule has 1 aromatic carbocycles. The first-order chi connectivity index (χ1) is 12.2. The maximum Gasteiger partial charge on any atom is 0.466 e. The molecule has 1 heterocycles. The number of phosphoric acid groups is 1. The van der Waals surface area contributed by atoms with Gasteiger partial charge in [0.15, 0.2) is 0 Å². The molecule has 0 spiro atoms. The van der Waals surface area contributed by atoms with Gasteiger partial charge in [-0.15, -0.1) is 0 Å². The summed E-state index contributed by atoms with van der Waals surface area (Å²) >= 11 is 0. The van der Waals surface area contributed by atoms with Gasteiger partial charge in [0.1, 0.15) is 5.82 Å². The molecule has 146 valence electrons. The van der Waals surface area contributed by atoms with Crippen LogP contribution in [0.5, 0.6) is 0 Å². The van der Waals surface area contributed by atoms with E-state index in [1.54, 1.807) is 12.3 Å². The molecule has 2 aromatic rings. The fourth-order valence-corrected chi connectivity index (χ4v) is 2.50. The predicted molar refractivity (Wildman–Crippen MR) is 101 cm³/mol. The number of fused-ring (bicyclic) bond motifs is 1. The molecular weight excluding hydrogens is 360 g/mol. The van der Waals surface area contributed by atoms with E-state index in [9.17, 15) is 4.39 Å². The Kier molecular flexibility index (Phi) is 9.69. The van der Waals surface area contributed by atoms with E-state index in [1.165, 1.54) is 18.6 Å². The average molecular weight is 387 g/mol. The summed E-state index contributed by atoms with van der Waals surface area (Å²) in [6.07, 6.45) is 4.04. The second kappa shape index (κ2) is 11.2. The lowest BCUT2D eigenvalue weighted by Crippen LogP contribution is -2.24. The van der Waals surface area contributed by atoms with Crippen molar-refractivity contribution in [2.24, 2.45) is 0 Å². The molecule has 0 aliphatic heterocycles. The minimum absolute atomic E-state index is 0.244. The number of nitrogens with zero attached hydrogens (tertiary/aromatic N) is 2. The fourth-order valence-electron chi connectivity index (χ4n) is 2.50. The van der Waals surface area contributed by atoms with E-state index in [4.69, 9.17) is 19.2 Å². The molecule has 7 nitrogen and oxygen atoms in total. The van der Waals surface area contributed by atoms with Crippen LogP contribution >= 0.6 is 7.82 Å². The lowest BCUT2D eigenvalue weighted by molar-refractivity contribution is 0.275. The van der Waals surface area contributed by atoms with Gasteiger partial charge in [0.2, 0.25) is 0 Å². The van der Waals surface area contributed by atoms with E-state index in [-0.39, 0.29) is 5.82 Å². The van der Waals surface area contributed by atoms with Crippen molar-refractivity contribution >= 4 is 24.4 Å². The van der Waals surface area contributed by atoms with Crippen LogP contribution in [-0.2, 0) is 4.57 Å².